The second-order valence-electron chi connectivity index (χ2n) is 6.82. The van der Waals surface area contributed by atoms with E-state index >= 15 is 0 Å². The zero-order chi connectivity index (χ0) is 24.5. The van der Waals surface area contributed by atoms with Gasteiger partial charge in [0.1, 0.15) is 16.5 Å². The second kappa shape index (κ2) is 11.4. The van der Waals surface area contributed by atoms with Crippen LogP contribution in [0.5, 0.6) is 5.75 Å². The van der Waals surface area contributed by atoms with E-state index < -0.39 is 16.7 Å². The van der Waals surface area contributed by atoms with Crippen LogP contribution < -0.4 is 15.5 Å². The van der Waals surface area contributed by atoms with E-state index in [0.29, 0.717) is 22.4 Å². The van der Waals surface area contributed by atoms with E-state index in [0.717, 1.165) is 0 Å². The Hall–Kier alpha value is -4.50. The topological polar surface area (TPSA) is 123 Å². The van der Waals surface area contributed by atoms with Crippen LogP contribution in [0.4, 0.5) is 5.69 Å². The molecule has 10 heteroatoms. The standard InChI is InChI=1S/C24H19ClN4O5/c1-34-19-10-7-16(8-11-19)13-21(27-23(30)18-5-3-2-4-6-18)24(31)28-26-15-17-9-12-20(25)22(14-17)29(32)33/h2-15H,1H3,(H,27,30)(H,28,31)/b21-13+,26-15-. The van der Waals surface area contributed by atoms with Gasteiger partial charge in [0.05, 0.1) is 18.2 Å². The summed E-state index contributed by atoms with van der Waals surface area (Å²) in [5.41, 5.74) is 3.33. The quantitative estimate of drug-likeness (QED) is 0.217. The molecule has 9 nitrogen and oxygen atoms in total. The van der Waals surface area contributed by atoms with E-state index in [-0.39, 0.29) is 16.4 Å². The number of carbonyl (C=O) groups is 2. The Kier molecular flexibility index (Phi) is 8.09. The number of benzene rings is 3. The van der Waals surface area contributed by atoms with Gasteiger partial charge in [-0.2, -0.15) is 5.10 Å². The summed E-state index contributed by atoms with van der Waals surface area (Å²) in [7, 11) is 1.54. The lowest BCUT2D eigenvalue weighted by atomic mass is 10.1. The van der Waals surface area contributed by atoms with E-state index in [2.05, 4.69) is 15.8 Å². The summed E-state index contributed by atoms with van der Waals surface area (Å²) in [6.07, 6.45) is 2.71. The lowest BCUT2D eigenvalue weighted by molar-refractivity contribution is -0.384. The Morgan fingerprint density at radius 1 is 1.03 bits per heavy atom. The number of ether oxygens (including phenoxy) is 1. The van der Waals surface area contributed by atoms with Crippen LogP contribution in [0.2, 0.25) is 5.02 Å². The predicted octanol–water partition coefficient (Wildman–Crippen LogP) is 4.18. The highest BCUT2D eigenvalue weighted by Crippen LogP contribution is 2.24. The summed E-state index contributed by atoms with van der Waals surface area (Å²) in [6, 6.07) is 19.4. The molecule has 0 aliphatic rings. The molecule has 0 unspecified atom stereocenters. The Bertz CT molecular complexity index is 1260. The van der Waals surface area contributed by atoms with Gasteiger partial charge in [0, 0.05) is 17.2 Å². The molecule has 0 spiro atoms. The molecule has 2 amide bonds. The van der Waals surface area contributed by atoms with Crippen molar-refractivity contribution in [2.24, 2.45) is 5.10 Å². The van der Waals surface area contributed by atoms with Crippen molar-refractivity contribution in [2.45, 2.75) is 0 Å². The number of hydrogen-bond donors (Lipinski definition) is 2. The van der Waals surface area contributed by atoms with Gasteiger partial charge in [-0.25, -0.2) is 5.43 Å². The number of halogens is 1. The Labute approximate surface area is 199 Å². The third kappa shape index (κ3) is 6.50. The van der Waals surface area contributed by atoms with Crippen LogP contribution >= 0.6 is 11.6 Å². The van der Waals surface area contributed by atoms with Gasteiger partial charge in [-0.3, -0.25) is 19.7 Å². The molecule has 3 rings (SSSR count). The van der Waals surface area contributed by atoms with Crippen molar-refractivity contribution >= 4 is 41.4 Å². The van der Waals surface area contributed by atoms with Crippen LogP contribution in [0.3, 0.4) is 0 Å². The number of hydrogen-bond acceptors (Lipinski definition) is 6. The van der Waals surface area contributed by atoms with Crippen LogP contribution in [0.1, 0.15) is 21.5 Å². The lowest BCUT2D eigenvalue weighted by Crippen LogP contribution is -2.32. The van der Waals surface area contributed by atoms with Gasteiger partial charge in [-0.1, -0.05) is 48.0 Å². The zero-order valence-corrected chi connectivity index (χ0v) is 18.7. The van der Waals surface area contributed by atoms with E-state index in [9.17, 15) is 19.7 Å². The number of amides is 2. The summed E-state index contributed by atoms with van der Waals surface area (Å²) >= 11 is 5.80. The summed E-state index contributed by atoms with van der Waals surface area (Å²) in [6.45, 7) is 0. The number of carbonyl (C=O) groups excluding carboxylic acids is 2. The molecule has 0 aliphatic carbocycles. The fourth-order valence-electron chi connectivity index (χ4n) is 2.78. The van der Waals surface area contributed by atoms with Crippen molar-refractivity contribution in [3.63, 3.8) is 0 Å². The minimum atomic E-state index is -0.695. The maximum atomic E-state index is 12.8. The second-order valence-corrected chi connectivity index (χ2v) is 7.23. The minimum absolute atomic E-state index is 0.0143. The molecule has 0 atom stereocenters. The Morgan fingerprint density at radius 3 is 2.35 bits per heavy atom. The van der Waals surface area contributed by atoms with Crippen molar-refractivity contribution in [3.8, 4) is 5.75 Å². The molecule has 0 heterocycles. The first-order chi connectivity index (χ1) is 16.4. The SMILES string of the molecule is COc1ccc(/C=C(/NC(=O)c2ccccc2)C(=O)N/N=C\c2ccc(Cl)c([N+](=O)[O-])c2)cc1. The van der Waals surface area contributed by atoms with Gasteiger partial charge in [0.2, 0.25) is 0 Å². The van der Waals surface area contributed by atoms with Crippen LogP contribution in [0, 0.1) is 10.1 Å². The number of nitro groups is 1. The number of nitro benzene ring substituents is 1. The molecule has 0 aromatic heterocycles. The lowest BCUT2D eigenvalue weighted by Gasteiger charge is -2.09. The average Bonchev–Trinajstić information content (AvgIpc) is 2.85. The van der Waals surface area contributed by atoms with E-state index in [4.69, 9.17) is 16.3 Å². The fraction of sp³-hybridized carbons (Fsp3) is 0.0417. The number of methoxy groups -OCH3 is 1. The fourth-order valence-corrected chi connectivity index (χ4v) is 2.97. The molecule has 0 radical (unpaired) electrons. The van der Waals surface area contributed by atoms with Crippen LogP contribution in [-0.4, -0.2) is 30.1 Å². The van der Waals surface area contributed by atoms with Crippen molar-refractivity contribution in [1.82, 2.24) is 10.7 Å². The first kappa shape index (κ1) is 24.1. The molecule has 0 saturated carbocycles. The number of rotatable bonds is 8. The number of nitrogens with one attached hydrogen (secondary N) is 2. The number of nitrogens with zero attached hydrogens (tertiary/aromatic N) is 2. The Morgan fingerprint density at radius 2 is 1.71 bits per heavy atom. The molecule has 0 aliphatic heterocycles. The highest BCUT2D eigenvalue weighted by molar-refractivity contribution is 6.32. The molecular weight excluding hydrogens is 460 g/mol. The van der Waals surface area contributed by atoms with E-state index in [1.54, 1.807) is 54.6 Å². The van der Waals surface area contributed by atoms with Gasteiger partial charge >= 0.3 is 0 Å². The average molecular weight is 479 g/mol. The van der Waals surface area contributed by atoms with Crippen molar-refractivity contribution < 1.29 is 19.2 Å². The number of hydrazone groups is 1. The first-order valence-corrected chi connectivity index (χ1v) is 10.2. The van der Waals surface area contributed by atoms with Crippen molar-refractivity contribution in [2.75, 3.05) is 7.11 Å². The van der Waals surface area contributed by atoms with E-state index in [1.807, 2.05) is 0 Å². The summed E-state index contributed by atoms with van der Waals surface area (Å²) in [5, 5.41) is 17.4. The van der Waals surface area contributed by atoms with Crippen LogP contribution in [0.25, 0.3) is 6.08 Å². The normalized spacial score (nSPS) is 11.2. The first-order valence-electron chi connectivity index (χ1n) is 9.87. The van der Waals surface area contributed by atoms with Gasteiger partial charge in [0.15, 0.2) is 0 Å². The molecular formula is C24H19ClN4O5. The molecule has 172 valence electrons. The summed E-state index contributed by atoms with van der Waals surface area (Å²) in [4.78, 5) is 35.8. The van der Waals surface area contributed by atoms with Crippen molar-refractivity contribution in [1.29, 1.82) is 0 Å². The third-order valence-corrected chi connectivity index (χ3v) is 4.82. The smallest absolute Gasteiger partial charge is 0.288 e. The van der Waals surface area contributed by atoms with Crippen molar-refractivity contribution in [3.05, 3.63) is 110 Å². The largest absolute Gasteiger partial charge is 0.497 e. The maximum absolute atomic E-state index is 12.8. The predicted molar refractivity (Wildman–Crippen MR) is 129 cm³/mol. The molecule has 2 N–H and O–H groups in total. The highest BCUT2D eigenvalue weighted by Gasteiger charge is 2.15. The van der Waals surface area contributed by atoms with Gasteiger partial charge in [-0.05, 0) is 42.0 Å². The van der Waals surface area contributed by atoms with Gasteiger partial charge in [0.25, 0.3) is 17.5 Å². The molecule has 3 aromatic carbocycles. The Balaban J connectivity index is 1.81. The summed E-state index contributed by atoms with van der Waals surface area (Å²) < 4.78 is 5.13. The molecule has 34 heavy (non-hydrogen) atoms. The van der Waals surface area contributed by atoms with Crippen LogP contribution in [0.15, 0.2) is 83.6 Å². The molecule has 3 aromatic rings. The monoisotopic (exact) mass is 478 g/mol. The maximum Gasteiger partial charge on any atom is 0.288 e. The minimum Gasteiger partial charge on any atom is -0.497 e. The van der Waals surface area contributed by atoms with Gasteiger partial charge < -0.3 is 10.1 Å². The zero-order valence-electron chi connectivity index (χ0n) is 17.9. The molecule has 0 fully saturated rings. The van der Waals surface area contributed by atoms with Gasteiger partial charge in [-0.15, -0.1) is 0 Å². The summed E-state index contributed by atoms with van der Waals surface area (Å²) in [5.74, 6) is -0.536. The van der Waals surface area contributed by atoms with Crippen LogP contribution in [-0.2, 0) is 4.79 Å². The molecule has 0 saturated heterocycles. The third-order valence-electron chi connectivity index (χ3n) is 4.50. The van der Waals surface area contributed by atoms with E-state index in [1.165, 1.54) is 37.6 Å². The molecule has 0 bridgehead atoms. The highest BCUT2D eigenvalue weighted by atomic mass is 35.5.